The molecule has 0 aliphatic carbocycles. The number of hydrogen-bond donors (Lipinski definition) is 0. The van der Waals surface area contributed by atoms with Gasteiger partial charge in [-0.05, 0) is 45.0 Å². The van der Waals surface area contributed by atoms with Crippen molar-refractivity contribution in [2.75, 3.05) is 19.6 Å². The van der Waals surface area contributed by atoms with Crippen molar-refractivity contribution < 1.29 is 4.79 Å². The third-order valence-corrected chi connectivity index (χ3v) is 5.89. The van der Waals surface area contributed by atoms with E-state index >= 15 is 0 Å². The van der Waals surface area contributed by atoms with Crippen molar-refractivity contribution in [2.45, 2.75) is 38.9 Å². The highest BCUT2D eigenvalue weighted by molar-refractivity contribution is 7.13. The van der Waals surface area contributed by atoms with Crippen molar-refractivity contribution in [1.82, 2.24) is 19.4 Å². The minimum Gasteiger partial charge on any atom is -0.348 e. The van der Waals surface area contributed by atoms with Gasteiger partial charge in [-0.3, -0.25) is 9.69 Å². The summed E-state index contributed by atoms with van der Waals surface area (Å²) < 4.78 is 2.24. The molecule has 1 fully saturated rings. The number of amides is 1. The van der Waals surface area contributed by atoms with E-state index < -0.39 is 0 Å². The van der Waals surface area contributed by atoms with Gasteiger partial charge < -0.3 is 9.47 Å². The molecule has 2 aromatic heterocycles. The minimum atomic E-state index is 0.120. The number of hydrogen-bond acceptors (Lipinski definition) is 4. The molecule has 0 unspecified atom stereocenters. The van der Waals surface area contributed by atoms with Gasteiger partial charge in [0, 0.05) is 25.0 Å². The summed E-state index contributed by atoms with van der Waals surface area (Å²) in [5, 5.41) is 1.06. The van der Waals surface area contributed by atoms with Crippen molar-refractivity contribution in [3.8, 4) is 0 Å². The molecule has 0 saturated carbocycles. The van der Waals surface area contributed by atoms with E-state index in [1.54, 1.807) is 17.5 Å². The Kier molecular flexibility index (Phi) is 3.95. The maximum Gasteiger partial charge on any atom is 0.266 e. The number of thiazole rings is 1. The zero-order valence-electron chi connectivity index (χ0n) is 13.4. The standard InChI is InChI=1S/C17H22N4OS/c1-13-14-5-4-8-20(14)9-10-21(13)17(22)15-11-18-16(23-15)12-19-6-2-3-7-19/h4-5,8,11,13H,2-3,6-7,9-10,12H2,1H3/t13-/m1/s1. The molecule has 1 amide bonds. The predicted molar refractivity (Wildman–Crippen MR) is 90.5 cm³/mol. The van der Waals surface area contributed by atoms with Gasteiger partial charge in [0.25, 0.3) is 5.91 Å². The van der Waals surface area contributed by atoms with Gasteiger partial charge in [0.05, 0.1) is 18.8 Å². The fraction of sp³-hybridized carbons (Fsp3) is 0.529. The van der Waals surface area contributed by atoms with E-state index in [9.17, 15) is 4.79 Å². The van der Waals surface area contributed by atoms with Crippen LogP contribution < -0.4 is 0 Å². The smallest absolute Gasteiger partial charge is 0.266 e. The molecule has 4 rings (SSSR count). The van der Waals surface area contributed by atoms with Crippen LogP contribution in [0.1, 0.15) is 46.2 Å². The summed E-state index contributed by atoms with van der Waals surface area (Å²) in [6.45, 7) is 6.94. The monoisotopic (exact) mass is 330 g/mol. The van der Waals surface area contributed by atoms with Gasteiger partial charge >= 0.3 is 0 Å². The summed E-state index contributed by atoms with van der Waals surface area (Å²) >= 11 is 1.56. The van der Waals surface area contributed by atoms with Crippen LogP contribution in [0.3, 0.4) is 0 Å². The highest BCUT2D eigenvalue weighted by atomic mass is 32.1. The third kappa shape index (κ3) is 2.81. The highest BCUT2D eigenvalue weighted by Gasteiger charge is 2.29. The van der Waals surface area contributed by atoms with E-state index in [-0.39, 0.29) is 11.9 Å². The van der Waals surface area contributed by atoms with Gasteiger partial charge in [0.2, 0.25) is 0 Å². The Balaban J connectivity index is 1.48. The molecule has 2 aliphatic heterocycles. The molecule has 2 aromatic rings. The van der Waals surface area contributed by atoms with Crippen molar-refractivity contribution >= 4 is 17.2 Å². The topological polar surface area (TPSA) is 41.4 Å². The quantitative estimate of drug-likeness (QED) is 0.869. The molecule has 0 aromatic carbocycles. The van der Waals surface area contributed by atoms with Crippen molar-refractivity contribution in [3.63, 3.8) is 0 Å². The second kappa shape index (κ2) is 6.09. The number of fused-ring (bicyclic) bond motifs is 1. The lowest BCUT2D eigenvalue weighted by Gasteiger charge is -2.34. The van der Waals surface area contributed by atoms with Crippen LogP contribution in [0.15, 0.2) is 24.5 Å². The summed E-state index contributed by atoms with van der Waals surface area (Å²) in [7, 11) is 0. The number of aromatic nitrogens is 2. The lowest BCUT2D eigenvalue weighted by molar-refractivity contribution is 0.0649. The minimum absolute atomic E-state index is 0.120. The molecule has 1 atom stereocenters. The Morgan fingerprint density at radius 3 is 2.96 bits per heavy atom. The van der Waals surface area contributed by atoms with Crippen LogP contribution >= 0.6 is 11.3 Å². The molecule has 0 spiro atoms. The fourth-order valence-electron chi connectivity index (χ4n) is 3.61. The first kappa shape index (κ1) is 14.9. The molecule has 23 heavy (non-hydrogen) atoms. The summed E-state index contributed by atoms with van der Waals surface area (Å²) in [5.41, 5.74) is 1.21. The molecule has 122 valence electrons. The molecule has 6 heteroatoms. The Morgan fingerprint density at radius 2 is 2.13 bits per heavy atom. The lowest BCUT2D eigenvalue weighted by Crippen LogP contribution is -2.40. The van der Waals surface area contributed by atoms with Crippen LogP contribution in [0.2, 0.25) is 0 Å². The first-order chi connectivity index (χ1) is 11.2. The summed E-state index contributed by atoms with van der Waals surface area (Å²) in [6, 6.07) is 4.28. The predicted octanol–water partition coefficient (Wildman–Crippen LogP) is 2.76. The van der Waals surface area contributed by atoms with Gasteiger partial charge in [0.1, 0.15) is 9.88 Å². The van der Waals surface area contributed by atoms with E-state index in [1.807, 2.05) is 4.90 Å². The van der Waals surface area contributed by atoms with Crippen LogP contribution in [0.4, 0.5) is 0 Å². The third-order valence-electron chi connectivity index (χ3n) is 4.92. The first-order valence-electron chi connectivity index (χ1n) is 8.35. The normalized spacial score (nSPS) is 21.6. The van der Waals surface area contributed by atoms with Crippen molar-refractivity contribution in [3.05, 3.63) is 40.1 Å². The number of carbonyl (C=O) groups excluding carboxylic acids is 1. The molecule has 0 bridgehead atoms. The van der Waals surface area contributed by atoms with Gasteiger partial charge in [-0.25, -0.2) is 4.98 Å². The second-order valence-electron chi connectivity index (χ2n) is 6.40. The Labute approximate surface area is 140 Å². The second-order valence-corrected chi connectivity index (χ2v) is 7.52. The maximum atomic E-state index is 12.9. The molecular formula is C17H22N4OS. The zero-order valence-corrected chi connectivity index (χ0v) is 14.3. The largest absolute Gasteiger partial charge is 0.348 e. The summed E-state index contributed by atoms with van der Waals surface area (Å²) in [5.74, 6) is 0.120. The van der Waals surface area contributed by atoms with Crippen LogP contribution in [-0.2, 0) is 13.1 Å². The van der Waals surface area contributed by atoms with Gasteiger partial charge in [0.15, 0.2) is 0 Å². The number of nitrogens with zero attached hydrogens (tertiary/aromatic N) is 4. The molecule has 4 heterocycles. The average molecular weight is 330 g/mol. The van der Waals surface area contributed by atoms with Crippen LogP contribution in [-0.4, -0.2) is 44.9 Å². The van der Waals surface area contributed by atoms with Crippen molar-refractivity contribution in [1.29, 1.82) is 0 Å². The molecule has 5 nitrogen and oxygen atoms in total. The summed E-state index contributed by atoms with van der Waals surface area (Å²) in [4.78, 5) is 22.5. The molecular weight excluding hydrogens is 308 g/mol. The lowest BCUT2D eigenvalue weighted by atomic mass is 10.1. The highest BCUT2D eigenvalue weighted by Crippen LogP contribution is 2.28. The SMILES string of the molecule is C[C@@H]1c2cccn2CCN1C(=O)c1cnc(CN2CCCC2)s1. The summed E-state index contributed by atoms with van der Waals surface area (Å²) in [6.07, 6.45) is 6.41. The van der Waals surface area contributed by atoms with E-state index in [4.69, 9.17) is 0 Å². The maximum absolute atomic E-state index is 12.9. The van der Waals surface area contributed by atoms with Gasteiger partial charge in [-0.1, -0.05) is 0 Å². The molecule has 0 N–H and O–H groups in total. The van der Waals surface area contributed by atoms with E-state index in [2.05, 4.69) is 39.7 Å². The number of rotatable bonds is 3. The number of likely N-dealkylation sites (tertiary alicyclic amines) is 1. The average Bonchev–Trinajstić information content (AvgIpc) is 3.29. The van der Waals surface area contributed by atoms with Crippen molar-refractivity contribution in [2.24, 2.45) is 0 Å². The van der Waals surface area contributed by atoms with E-state index in [1.165, 1.54) is 18.5 Å². The molecule has 1 saturated heterocycles. The zero-order chi connectivity index (χ0) is 15.8. The number of carbonyl (C=O) groups is 1. The van der Waals surface area contributed by atoms with E-state index in [0.717, 1.165) is 42.6 Å². The Morgan fingerprint density at radius 1 is 1.30 bits per heavy atom. The van der Waals surface area contributed by atoms with Gasteiger partial charge in [-0.15, -0.1) is 11.3 Å². The molecule has 0 radical (unpaired) electrons. The first-order valence-corrected chi connectivity index (χ1v) is 9.17. The van der Waals surface area contributed by atoms with Crippen LogP contribution in [0.25, 0.3) is 0 Å². The Hall–Kier alpha value is -1.66. The molecule has 2 aliphatic rings. The van der Waals surface area contributed by atoms with Gasteiger partial charge in [-0.2, -0.15) is 0 Å². The van der Waals surface area contributed by atoms with Crippen LogP contribution in [0, 0.1) is 0 Å². The fourth-order valence-corrected chi connectivity index (χ4v) is 4.53. The Bertz CT molecular complexity index is 701. The van der Waals surface area contributed by atoms with E-state index in [0.29, 0.717) is 0 Å². The van der Waals surface area contributed by atoms with Crippen LogP contribution in [0.5, 0.6) is 0 Å².